The third-order valence-electron chi connectivity index (χ3n) is 6.61. The summed E-state index contributed by atoms with van der Waals surface area (Å²) in [6.45, 7) is 7.34. The second kappa shape index (κ2) is 4.41. The van der Waals surface area contributed by atoms with E-state index < -0.39 is 0 Å². The number of H-pyrrole nitrogens is 1. The molecule has 0 aromatic carbocycles. The number of aromatic nitrogens is 2. The lowest BCUT2D eigenvalue weighted by Crippen LogP contribution is -2.76. The topological polar surface area (TPSA) is 69.3 Å². The van der Waals surface area contributed by atoms with Crippen molar-refractivity contribution in [1.29, 1.82) is 0 Å². The zero-order valence-electron chi connectivity index (χ0n) is 14.3. The van der Waals surface area contributed by atoms with Gasteiger partial charge in [-0.05, 0) is 37.2 Å². The van der Waals surface area contributed by atoms with Crippen molar-refractivity contribution >= 4 is 11.8 Å². The maximum atomic E-state index is 12.5. The Hall–Kier alpha value is -1.85. The van der Waals surface area contributed by atoms with Crippen molar-refractivity contribution < 1.29 is 9.59 Å². The maximum absolute atomic E-state index is 12.5. The Balaban J connectivity index is 1.16. The van der Waals surface area contributed by atoms with Gasteiger partial charge in [-0.2, -0.15) is 5.10 Å². The van der Waals surface area contributed by atoms with Crippen LogP contribution in [0.2, 0.25) is 0 Å². The molecular formula is C18H24N4O2. The van der Waals surface area contributed by atoms with Crippen molar-refractivity contribution in [2.24, 2.45) is 16.7 Å². The van der Waals surface area contributed by atoms with Gasteiger partial charge >= 0.3 is 0 Å². The van der Waals surface area contributed by atoms with E-state index in [2.05, 4.69) is 24.0 Å². The molecule has 6 nitrogen and oxygen atoms in total. The van der Waals surface area contributed by atoms with E-state index >= 15 is 0 Å². The Labute approximate surface area is 141 Å². The van der Waals surface area contributed by atoms with Crippen LogP contribution in [0.25, 0.3) is 0 Å². The van der Waals surface area contributed by atoms with Crippen LogP contribution < -0.4 is 0 Å². The molecule has 2 bridgehead atoms. The number of carbonyl (C=O) groups is 2. The molecule has 1 N–H and O–H groups in total. The SMILES string of the molecule is CC(C)c1cc(C(=O)N2CC3(C2)CN(C(=O)C24CC(C2)C4)C3)n[nH]1. The van der Waals surface area contributed by atoms with Crippen LogP contribution in [-0.4, -0.2) is 58.0 Å². The summed E-state index contributed by atoms with van der Waals surface area (Å²) in [6, 6.07) is 1.86. The number of likely N-dealkylation sites (tertiary alicyclic amines) is 2. The van der Waals surface area contributed by atoms with Gasteiger partial charge in [0, 0.05) is 37.3 Å². The van der Waals surface area contributed by atoms with Crippen LogP contribution >= 0.6 is 0 Å². The molecule has 0 radical (unpaired) electrons. The van der Waals surface area contributed by atoms with Crippen LogP contribution in [0.5, 0.6) is 0 Å². The Bertz CT molecular complexity index is 706. The third kappa shape index (κ3) is 1.80. The average Bonchev–Trinajstić information content (AvgIpc) is 2.80. The lowest BCUT2D eigenvalue weighted by atomic mass is 9.43. The molecule has 5 aliphatic rings. The van der Waals surface area contributed by atoms with Crippen LogP contribution in [0, 0.1) is 16.7 Å². The van der Waals surface area contributed by atoms with Crippen molar-refractivity contribution in [1.82, 2.24) is 20.0 Å². The molecule has 1 aromatic rings. The minimum absolute atomic E-state index is 0.00738. The minimum Gasteiger partial charge on any atom is -0.341 e. The van der Waals surface area contributed by atoms with Crippen LogP contribution in [0.4, 0.5) is 0 Å². The predicted octanol–water partition coefficient (Wildman–Crippen LogP) is 1.62. The van der Waals surface area contributed by atoms with E-state index in [4.69, 9.17) is 0 Å². The molecule has 3 heterocycles. The van der Waals surface area contributed by atoms with E-state index in [1.54, 1.807) is 0 Å². The predicted molar refractivity (Wildman–Crippen MR) is 87.4 cm³/mol. The molecule has 1 aromatic heterocycles. The molecule has 0 atom stereocenters. The first-order chi connectivity index (χ1) is 11.4. The molecule has 2 amide bonds. The standard InChI is InChI=1S/C18H24N4O2/c1-11(2)13-3-14(20-19-13)15(23)21-7-17(8-21)9-22(10-17)16(24)18-4-12(5-18)6-18/h3,11-12H,4-10H2,1-2H3,(H,19,20). The molecule has 3 aliphatic carbocycles. The summed E-state index contributed by atoms with van der Waals surface area (Å²) >= 11 is 0. The first-order valence-corrected chi connectivity index (χ1v) is 9.04. The summed E-state index contributed by atoms with van der Waals surface area (Å²) in [4.78, 5) is 28.9. The van der Waals surface area contributed by atoms with Crippen molar-refractivity contribution in [2.45, 2.75) is 39.0 Å². The van der Waals surface area contributed by atoms with E-state index in [9.17, 15) is 9.59 Å². The summed E-state index contributed by atoms with van der Waals surface area (Å²) in [5, 5.41) is 7.09. The third-order valence-corrected chi connectivity index (χ3v) is 6.61. The number of amides is 2. The maximum Gasteiger partial charge on any atom is 0.274 e. The summed E-state index contributed by atoms with van der Waals surface area (Å²) in [6.07, 6.45) is 3.37. The first kappa shape index (κ1) is 14.5. The highest BCUT2D eigenvalue weighted by molar-refractivity contribution is 5.93. The zero-order chi connectivity index (χ0) is 16.7. The summed E-state index contributed by atoms with van der Waals surface area (Å²) in [5.74, 6) is 1.57. The van der Waals surface area contributed by atoms with Gasteiger partial charge in [0.05, 0.1) is 5.41 Å². The fourth-order valence-corrected chi connectivity index (χ4v) is 4.99. The Morgan fingerprint density at radius 2 is 1.79 bits per heavy atom. The molecule has 5 fully saturated rings. The fourth-order valence-electron chi connectivity index (χ4n) is 4.99. The Morgan fingerprint density at radius 3 is 2.29 bits per heavy atom. The molecule has 2 saturated heterocycles. The molecule has 6 heteroatoms. The van der Waals surface area contributed by atoms with Crippen molar-refractivity contribution in [3.63, 3.8) is 0 Å². The lowest BCUT2D eigenvalue weighted by Gasteiger charge is -2.66. The Morgan fingerprint density at radius 1 is 1.17 bits per heavy atom. The van der Waals surface area contributed by atoms with Crippen molar-refractivity contribution in [2.75, 3.05) is 26.2 Å². The number of nitrogens with one attached hydrogen (secondary N) is 1. The van der Waals surface area contributed by atoms with Crippen LogP contribution in [0.3, 0.4) is 0 Å². The molecular weight excluding hydrogens is 304 g/mol. The fraction of sp³-hybridized carbons (Fsp3) is 0.722. The molecule has 6 rings (SSSR count). The van der Waals surface area contributed by atoms with E-state index in [1.165, 1.54) is 0 Å². The van der Waals surface area contributed by atoms with E-state index in [-0.39, 0.29) is 16.7 Å². The van der Waals surface area contributed by atoms with Crippen molar-refractivity contribution in [3.05, 3.63) is 17.5 Å². The monoisotopic (exact) mass is 328 g/mol. The van der Waals surface area contributed by atoms with Gasteiger partial charge in [0.1, 0.15) is 5.69 Å². The summed E-state index contributed by atoms with van der Waals surface area (Å²) in [7, 11) is 0. The van der Waals surface area contributed by atoms with Crippen LogP contribution in [-0.2, 0) is 4.79 Å². The van der Waals surface area contributed by atoms with Gasteiger partial charge in [-0.1, -0.05) is 13.8 Å². The highest BCUT2D eigenvalue weighted by Crippen LogP contribution is 2.65. The van der Waals surface area contributed by atoms with Gasteiger partial charge in [0.2, 0.25) is 5.91 Å². The number of rotatable bonds is 3. The van der Waals surface area contributed by atoms with Crippen molar-refractivity contribution in [3.8, 4) is 0 Å². The Kier molecular flexibility index (Phi) is 2.66. The zero-order valence-corrected chi connectivity index (χ0v) is 14.3. The van der Waals surface area contributed by atoms with E-state index in [1.807, 2.05) is 15.9 Å². The normalized spacial score (nSPS) is 32.0. The summed E-state index contributed by atoms with van der Waals surface area (Å²) < 4.78 is 0. The van der Waals surface area contributed by atoms with Gasteiger partial charge in [0.25, 0.3) is 5.91 Å². The first-order valence-electron chi connectivity index (χ1n) is 9.04. The van der Waals surface area contributed by atoms with E-state index in [0.29, 0.717) is 17.5 Å². The largest absolute Gasteiger partial charge is 0.341 e. The number of aromatic amines is 1. The molecule has 2 aliphatic heterocycles. The number of hydrogen-bond donors (Lipinski definition) is 1. The molecule has 0 unspecified atom stereocenters. The quantitative estimate of drug-likeness (QED) is 0.916. The highest BCUT2D eigenvalue weighted by Gasteiger charge is 2.65. The molecule has 24 heavy (non-hydrogen) atoms. The number of hydrogen-bond acceptors (Lipinski definition) is 3. The second-order valence-electron chi connectivity index (χ2n) is 8.94. The van der Waals surface area contributed by atoms with Gasteiger partial charge in [0.15, 0.2) is 0 Å². The second-order valence-corrected chi connectivity index (χ2v) is 8.94. The average molecular weight is 328 g/mol. The van der Waals surface area contributed by atoms with Gasteiger partial charge in [-0.25, -0.2) is 0 Å². The minimum atomic E-state index is 0.00738. The van der Waals surface area contributed by atoms with Crippen LogP contribution in [0.15, 0.2) is 6.07 Å². The van der Waals surface area contributed by atoms with Gasteiger partial charge < -0.3 is 9.80 Å². The highest BCUT2D eigenvalue weighted by atomic mass is 16.2. The smallest absolute Gasteiger partial charge is 0.274 e. The van der Waals surface area contributed by atoms with Crippen LogP contribution in [0.1, 0.15) is 55.2 Å². The molecule has 1 spiro atoms. The number of nitrogens with zero attached hydrogens (tertiary/aromatic N) is 3. The van der Waals surface area contributed by atoms with Gasteiger partial charge in [-0.3, -0.25) is 14.7 Å². The summed E-state index contributed by atoms with van der Waals surface area (Å²) in [5.41, 5.74) is 1.70. The van der Waals surface area contributed by atoms with E-state index in [0.717, 1.165) is 57.1 Å². The number of carbonyl (C=O) groups excluding carboxylic acids is 2. The lowest BCUT2D eigenvalue weighted by molar-refractivity contribution is -0.195. The molecule has 128 valence electrons. The van der Waals surface area contributed by atoms with Gasteiger partial charge in [-0.15, -0.1) is 0 Å². The molecule has 3 saturated carbocycles.